The summed E-state index contributed by atoms with van der Waals surface area (Å²) in [5, 5.41) is 6.05. The van der Waals surface area contributed by atoms with E-state index in [1.54, 1.807) is 29.2 Å². The first-order valence-corrected chi connectivity index (χ1v) is 9.72. The Morgan fingerprint density at radius 1 is 1.14 bits per heavy atom. The van der Waals surface area contributed by atoms with Gasteiger partial charge in [0, 0.05) is 30.8 Å². The largest absolute Gasteiger partial charge is 0.369 e. The quantitative estimate of drug-likeness (QED) is 0.771. The zero-order valence-electron chi connectivity index (χ0n) is 16.5. The smallest absolute Gasteiger partial charge is 0.236 e. The first-order valence-electron chi connectivity index (χ1n) is 9.72. The number of amides is 2. The van der Waals surface area contributed by atoms with Crippen LogP contribution in [0.5, 0.6) is 0 Å². The summed E-state index contributed by atoms with van der Waals surface area (Å²) in [5.41, 5.74) is 3.61. The van der Waals surface area contributed by atoms with Crippen molar-refractivity contribution in [3.8, 4) is 0 Å². The standard InChI is InChI=1S/C23H23N3O3/c1-14-8-9-15(2)18(12-14)25-19(27)13-17-20(21(28)16-6-4-3-5-7-16)22-24-10-11-26(22)23(17)29/h3-9,12,17,24H,10-11,13H2,1-2H3,(H,25,27). The molecule has 2 amide bonds. The Balaban J connectivity index is 1.60. The molecule has 0 aliphatic carbocycles. The monoisotopic (exact) mass is 389 g/mol. The predicted molar refractivity (Wildman–Crippen MR) is 110 cm³/mol. The Morgan fingerprint density at radius 3 is 2.66 bits per heavy atom. The number of fused-ring (bicyclic) bond motifs is 1. The second kappa shape index (κ2) is 7.54. The van der Waals surface area contributed by atoms with Gasteiger partial charge in [-0.25, -0.2) is 0 Å². The average molecular weight is 389 g/mol. The second-order valence-corrected chi connectivity index (χ2v) is 7.50. The van der Waals surface area contributed by atoms with Crippen LogP contribution < -0.4 is 10.6 Å². The molecule has 1 unspecified atom stereocenters. The molecule has 148 valence electrons. The molecule has 29 heavy (non-hydrogen) atoms. The fraction of sp³-hybridized carbons (Fsp3) is 0.261. The van der Waals surface area contributed by atoms with Gasteiger partial charge in [0.2, 0.25) is 11.8 Å². The van der Waals surface area contributed by atoms with Crippen LogP contribution in [0.3, 0.4) is 0 Å². The van der Waals surface area contributed by atoms with Crippen molar-refractivity contribution in [3.05, 3.63) is 76.6 Å². The van der Waals surface area contributed by atoms with Crippen LogP contribution in [0.4, 0.5) is 5.69 Å². The third-order valence-corrected chi connectivity index (χ3v) is 5.40. The third kappa shape index (κ3) is 3.53. The molecule has 1 saturated heterocycles. The van der Waals surface area contributed by atoms with Crippen molar-refractivity contribution in [1.82, 2.24) is 10.2 Å². The predicted octanol–water partition coefficient (Wildman–Crippen LogP) is 2.79. The molecule has 0 bridgehead atoms. The van der Waals surface area contributed by atoms with Gasteiger partial charge in [0.1, 0.15) is 5.82 Å². The van der Waals surface area contributed by atoms with E-state index in [1.807, 2.05) is 38.1 Å². The van der Waals surface area contributed by atoms with Crippen LogP contribution in [0.1, 0.15) is 27.9 Å². The molecular formula is C23H23N3O3. The van der Waals surface area contributed by atoms with Crippen LogP contribution in [0.25, 0.3) is 0 Å². The Bertz CT molecular complexity index is 1030. The average Bonchev–Trinajstić information content (AvgIpc) is 3.28. The van der Waals surface area contributed by atoms with Gasteiger partial charge in [-0.1, -0.05) is 42.5 Å². The van der Waals surface area contributed by atoms with Gasteiger partial charge in [-0.15, -0.1) is 0 Å². The van der Waals surface area contributed by atoms with Gasteiger partial charge in [-0.3, -0.25) is 19.3 Å². The maximum Gasteiger partial charge on any atom is 0.236 e. The van der Waals surface area contributed by atoms with E-state index in [0.29, 0.717) is 30.0 Å². The number of carbonyl (C=O) groups is 3. The summed E-state index contributed by atoms with van der Waals surface area (Å²) in [6, 6.07) is 14.7. The number of Topliss-reactive ketones (excluding diaryl/α,β-unsaturated/α-hetero) is 1. The fourth-order valence-electron chi connectivity index (χ4n) is 3.89. The van der Waals surface area contributed by atoms with Crippen molar-refractivity contribution in [3.63, 3.8) is 0 Å². The maximum atomic E-state index is 13.2. The lowest BCUT2D eigenvalue weighted by Gasteiger charge is -2.15. The molecule has 0 aromatic heterocycles. The molecule has 4 rings (SSSR count). The summed E-state index contributed by atoms with van der Waals surface area (Å²) in [7, 11) is 0. The number of nitrogens with zero attached hydrogens (tertiary/aromatic N) is 1. The summed E-state index contributed by atoms with van der Waals surface area (Å²) in [4.78, 5) is 40.5. The fourth-order valence-corrected chi connectivity index (χ4v) is 3.89. The topological polar surface area (TPSA) is 78.5 Å². The first kappa shape index (κ1) is 18.9. The zero-order chi connectivity index (χ0) is 20.5. The number of rotatable bonds is 5. The molecule has 2 aromatic carbocycles. The molecule has 2 heterocycles. The van der Waals surface area contributed by atoms with Gasteiger partial charge in [0.25, 0.3) is 0 Å². The normalized spacial score (nSPS) is 17.9. The first-order chi connectivity index (χ1) is 14.0. The molecule has 2 aliphatic rings. The Morgan fingerprint density at radius 2 is 1.90 bits per heavy atom. The van der Waals surface area contributed by atoms with Crippen molar-refractivity contribution in [1.29, 1.82) is 0 Å². The lowest BCUT2D eigenvalue weighted by atomic mass is 9.90. The maximum absolute atomic E-state index is 13.2. The van der Waals surface area contributed by atoms with Crippen molar-refractivity contribution < 1.29 is 14.4 Å². The molecule has 2 aromatic rings. The highest BCUT2D eigenvalue weighted by molar-refractivity contribution is 6.15. The third-order valence-electron chi connectivity index (χ3n) is 5.40. The summed E-state index contributed by atoms with van der Waals surface area (Å²) < 4.78 is 0. The van der Waals surface area contributed by atoms with Crippen molar-refractivity contribution in [2.75, 3.05) is 18.4 Å². The Labute approximate surface area is 169 Å². The van der Waals surface area contributed by atoms with E-state index in [4.69, 9.17) is 0 Å². The highest BCUT2D eigenvalue weighted by Crippen LogP contribution is 2.35. The van der Waals surface area contributed by atoms with E-state index in [9.17, 15) is 14.4 Å². The molecule has 0 spiro atoms. The molecule has 6 nitrogen and oxygen atoms in total. The lowest BCUT2D eigenvalue weighted by molar-refractivity contribution is -0.132. The van der Waals surface area contributed by atoms with Gasteiger partial charge >= 0.3 is 0 Å². The van der Waals surface area contributed by atoms with Gasteiger partial charge in [-0.05, 0) is 31.0 Å². The van der Waals surface area contributed by atoms with Crippen molar-refractivity contribution in [2.45, 2.75) is 20.3 Å². The van der Waals surface area contributed by atoms with Crippen LogP contribution in [0.2, 0.25) is 0 Å². The van der Waals surface area contributed by atoms with E-state index in [1.165, 1.54) is 0 Å². The molecule has 1 fully saturated rings. The number of hydrogen-bond acceptors (Lipinski definition) is 4. The summed E-state index contributed by atoms with van der Waals surface area (Å²) >= 11 is 0. The Hall–Kier alpha value is -3.41. The van der Waals surface area contributed by atoms with Gasteiger partial charge in [-0.2, -0.15) is 0 Å². The van der Waals surface area contributed by atoms with E-state index in [0.717, 1.165) is 16.8 Å². The van der Waals surface area contributed by atoms with E-state index in [2.05, 4.69) is 10.6 Å². The number of carbonyl (C=O) groups excluding carboxylic acids is 3. The highest BCUT2D eigenvalue weighted by Gasteiger charge is 2.45. The highest BCUT2D eigenvalue weighted by atomic mass is 16.2. The molecular weight excluding hydrogens is 366 g/mol. The number of benzene rings is 2. The summed E-state index contributed by atoms with van der Waals surface area (Å²) in [6.07, 6.45) is -0.0677. The van der Waals surface area contributed by atoms with E-state index >= 15 is 0 Å². The van der Waals surface area contributed by atoms with Crippen LogP contribution in [-0.4, -0.2) is 35.6 Å². The van der Waals surface area contributed by atoms with Crippen molar-refractivity contribution >= 4 is 23.3 Å². The minimum Gasteiger partial charge on any atom is -0.369 e. The zero-order valence-corrected chi connectivity index (χ0v) is 16.5. The van der Waals surface area contributed by atoms with Gasteiger partial charge in [0.15, 0.2) is 5.78 Å². The van der Waals surface area contributed by atoms with Crippen LogP contribution in [-0.2, 0) is 9.59 Å². The summed E-state index contributed by atoms with van der Waals surface area (Å²) in [6.45, 7) is 4.99. The molecule has 2 N–H and O–H groups in total. The number of anilines is 1. The van der Waals surface area contributed by atoms with Gasteiger partial charge < -0.3 is 10.6 Å². The van der Waals surface area contributed by atoms with Crippen LogP contribution in [0, 0.1) is 19.8 Å². The van der Waals surface area contributed by atoms with Crippen LogP contribution in [0.15, 0.2) is 59.9 Å². The number of ketones is 1. The molecule has 6 heteroatoms. The SMILES string of the molecule is Cc1ccc(C)c(NC(=O)CC2C(=O)N3CCNC3=C2C(=O)c2ccccc2)c1. The van der Waals surface area contributed by atoms with Gasteiger partial charge in [0.05, 0.1) is 11.5 Å². The Kier molecular flexibility index (Phi) is 4.92. The van der Waals surface area contributed by atoms with Crippen LogP contribution >= 0.6 is 0 Å². The molecule has 2 aliphatic heterocycles. The van der Waals surface area contributed by atoms with E-state index in [-0.39, 0.29) is 24.0 Å². The minimum atomic E-state index is -0.782. The number of nitrogens with one attached hydrogen (secondary N) is 2. The summed E-state index contributed by atoms with van der Waals surface area (Å²) in [5.74, 6) is -0.919. The minimum absolute atomic E-state index is 0.0677. The van der Waals surface area contributed by atoms with E-state index < -0.39 is 5.92 Å². The molecule has 1 atom stereocenters. The molecule has 0 saturated carbocycles. The number of hydrogen-bond donors (Lipinski definition) is 2. The second-order valence-electron chi connectivity index (χ2n) is 7.50. The number of aryl methyl sites for hydroxylation is 2. The molecule has 0 radical (unpaired) electrons. The lowest BCUT2D eigenvalue weighted by Crippen LogP contribution is -2.30. The van der Waals surface area contributed by atoms with Crippen molar-refractivity contribution in [2.24, 2.45) is 5.92 Å².